The highest BCUT2D eigenvalue weighted by Crippen LogP contribution is 2.15. The smallest absolute Gasteiger partial charge is 0.132 e. The van der Waals surface area contributed by atoms with Crippen molar-refractivity contribution in [2.45, 2.75) is 52.9 Å². The van der Waals surface area contributed by atoms with Gasteiger partial charge in [-0.1, -0.05) is 27.2 Å². The van der Waals surface area contributed by atoms with Crippen LogP contribution in [0.15, 0.2) is 6.07 Å². The Morgan fingerprint density at radius 3 is 2.33 bits per heavy atom. The SMILES string of the molecule is CCCNc1cc(NCC(CCC)CCO)nc(CC)n1. The van der Waals surface area contributed by atoms with Gasteiger partial charge in [0.15, 0.2) is 0 Å². The van der Waals surface area contributed by atoms with Gasteiger partial charge in [0.05, 0.1) is 0 Å². The third-order valence-electron chi connectivity index (χ3n) is 3.45. The van der Waals surface area contributed by atoms with Crippen molar-refractivity contribution in [3.8, 4) is 0 Å². The minimum atomic E-state index is 0.250. The fourth-order valence-corrected chi connectivity index (χ4v) is 2.28. The Labute approximate surface area is 128 Å². The van der Waals surface area contributed by atoms with Crippen LogP contribution in [0.5, 0.6) is 0 Å². The molecule has 5 nitrogen and oxygen atoms in total. The minimum absolute atomic E-state index is 0.250. The molecular weight excluding hydrogens is 264 g/mol. The molecule has 0 spiro atoms. The molecular formula is C16H30N4O. The first-order chi connectivity index (χ1) is 10.2. The maximum absolute atomic E-state index is 9.12. The van der Waals surface area contributed by atoms with Gasteiger partial charge in [0.1, 0.15) is 17.5 Å². The summed E-state index contributed by atoms with van der Waals surface area (Å²) >= 11 is 0. The van der Waals surface area contributed by atoms with E-state index in [4.69, 9.17) is 5.11 Å². The monoisotopic (exact) mass is 294 g/mol. The van der Waals surface area contributed by atoms with Gasteiger partial charge >= 0.3 is 0 Å². The summed E-state index contributed by atoms with van der Waals surface area (Å²) in [6.07, 6.45) is 5.00. The maximum Gasteiger partial charge on any atom is 0.132 e. The van der Waals surface area contributed by atoms with E-state index >= 15 is 0 Å². The number of nitrogens with one attached hydrogen (secondary N) is 2. The Bertz CT molecular complexity index is 392. The van der Waals surface area contributed by atoms with Crippen LogP contribution in [0, 0.1) is 5.92 Å². The lowest BCUT2D eigenvalue weighted by atomic mass is 10.0. The van der Waals surface area contributed by atoms with Gasteiger partial charge in [0.2, 0.25) is 0 Å². The average molecular weight is 294 g/mol. The summed E-state index contributed by atoms with van der Waals surface area (Å²) in [4.78, 5) is 9.01. The molecule has 0 aromatic carbocycles. The van der Waals surface area contributed by atoms with E-state index in [0.29, 0.717) is 5.92 Å². The van der Waals surface area contributed by atoms with E-state index in [2.05, 4.69) is 41.4 Å². The zero-order valence-electron chi connectivity index (χ0n) is 13.7. The van der Waals surface area contributed by atoms with Crippen molar-refractivity contribution in [2.75, 3.05) is 30.3 Å². The number of rotatable bonds is 11. The van der Waals surface area contributed by atoms with Gasteiger partial charge in [-0.15, -0.1) is 0 Å². The number of anilines is 2. The predicted molar refractivity (Wildman–Crippen MR) is 88.8 cm³/mol. The van der Waals surface area contributed by atoms with Crippen LogP contribution in [0.1, 0.15) is 52.3 Å². The van der Waals surface area contributed by atoms with Crippen molar-refractivity contribution >= 4 is 11.6 Å². The summed E-state index contributed by atoms with van der Waals surface area (Å²) in [6, 6.07) is 1.97. The van der Waals surface area contributed by atoms with E-state index in [0.717, 1.165) is 62.7 Å². The van der Waals surface area contributed by atoms with Crippen molar-refractivity contribution in [1.29, 1.82) is 0 Å². The highest BCUT2D eigenvalue weighted by Gasteiger charge is 2.09. The number of aliphatic hydroxyl groups excluding tert-OH is 1. The molecule has 1 aromatic heterocycles. The minimum Gasteiger partial charge on any atom is -0.396 e. The Morgan fingerprint density at radius 1 is 1.05 bits per heavy atom. The number of hydrogen-bond acceptors (Lipinski definition) is 5. The van der Waals surface area contributed by atoms with Crippen molar-refractivity contribution in [3.05, 3.63) is 11.9 Å². The first-order valence-electron chi connectivity index (χ1n) is 8.19. The van der Waals surface area contributed by atoms with Crippen LogP contribution in [-0.2, 0) is 6.42 Å². The van der Waals surface area contributed by atoms with Crippen LogP contribution in [0.2, 0.25) is 0 Å². The summed E-state index contributed by atoms with van der Waals surface area (Å²) in [5.74, 6) is 3.11. The molecule has 1 aromatic rings. The number of hydrogen-bond donors (Lipinski definition) is 3. The normalized spacial score (nSPS) is 12.2. The van der Waals surface area contributed by atoms with Crippen molar-refractivity contribution in [1.82, 2.24) is 9.97 Å². The van der Waals surface area contributed by atoms with E-state index in [-0.39, 0.29) is 6.61 Å². The number of nitrogens with zero attached hydrogens (tertiary/aromatic N) is 2. The molecule has 1 unspecified atom stereocenters. The molecule has 0 fully saturated rings. The Hall–Kier alpha value is -1.36. The molecule has 0 radical (unpaired) electrons. The molecule has 0 saturated carbocycles. The van der Waals surface area contributed by atoms with Gasteiger partial charge in [0, 0.05) is 32.2 Å². The Morgan fingerprint density at radius 2 is 1.76 bits per heavy atom. The lowest BCUT2D eigenvalue weighted by Gasteiger charge is -2.17. The first-order valence-corrected chi connectivity index (χ1v) is 8.19. The number of aryl methyl sites for hydroxylation is 1. The molecule has 0 aliphatic heterocycles. The van der Waals surface area contributed by atoms with Crippen molar-refractivity contribution < 1.29 is 5.11 Å². The molecule has 21 heavy (non-hydrogen) atoms. The standard InChI is InChI=1S/C16H30N4O/c1-4-7-13(8-10-21)12-18-16-11-15(17-9-5-2)19-14(6-3)20-16/h11,13,21H,4-10,12H2,1-3H3,(H2,17,18,19,20). The van der Waals surface area contributed by atoms with Crippen LogP contribution in [0.25, 0.3) is 0 Å². The lowest BCUT2D eigenvalue weighted by Crippen LogP contribution is -2.17. The molecule has 1 atom stereocenters. The van der Waals surface area contributed by atoms with Gasteiger partial charge in [-0.3, -0.25) is 0 Å². The van der Waals surface area contributed by atoms with Crippen LogP contribution in [0.4, 0.5) is 11.6 Å². The van der Waals surface area contributed by atoms with E-state index in [1.807, 2.05) is 6.07 Å². The summed E-state index contributed by atoms with van der Waals surface area (Å²) in [6.45, 7) is 8.40. The zero-order chi connectivity index (χ0) is 15.5. The lowest BCUT2D eigenvalue weighted by molar-refractivity contribution is 0.255. The third kappa shape index (κ3) is 6.76. The zero-order valence-corrected chi connectivity index (χ0v) is 13.7. The van der Waals surface area contributed by atoms with Crippen LogP contribution in [0.3, 0.4) is 0 Å². The van der Waals surface area contributed by atoms with Gasteiger partial charge in [-0.25, -0.2) is 9.97 Å². The van der Waals surface area contributed by atoms with Crippen LogP contribution in [-0.4, -0.2) is 34.8 Å². The van der Waals surface area contributed by atoms with Crippen LogP contribution >= 0.6 is 0 Å². The predicted octanol–water partition coefficient (Wildman–Crippen LogP) is 3.07. The Balaban J connectivity index is 2.67. The molecule has 0 aliphatic carbocycles. The molecule has 0 amide bonds. The highest BCUT2D eigenvalue weighted by atomic mass is 16.3. The summed E-state index contributed by atoms with van der Waals surface area (Å²) < 4.78 is 0. The van der Waals surface area contributed by atoms with Gasteiger partial charge in [0.25, 0.3) is 0 Å². The molecule has 3 N–H and O–H groups in total. The summed E-state index contributed by atoms with van der Waals surface area (Å²) in [5.41, 5.74) is 0. The quantitative estimate of drug-likeness (QED) is 0.585. The largest absolute Gasteiger partial charge is 0.396 e. The number of aliphatic hydroxyl groups is 1. The van der Waals surface area contributed by atoms with E-state index in [9.17, 15) is 0 Å². The molecule has 5 heteroatoms. The second-order valence-electron chi connectivity index (χ2n) is 5.38. The van der Waals surface area contributed by atoms with Crippen molar-refractivity contribution in [2.24, 2.45) is 5.92 Å². The second-order valence-corrected chi connectivity index (χ2v) is 5.38. The molecule has 1 heterocycles. The third-order valence-corrected chi connectivity index (χ3v) is 3.45. The molecule has 0 aliphatic rings. The number of aromatic nitrogens is 2. The van der Waals surface area contributed by atoms with Crippen molar-refractivity contribution in [3.63, 3.8) is 0 Å². The molecule has 1 rings (SSSR count). The molecule has 0 saturated heterocycles. The average Bonchev–Trinajstić information content (AvgIpc) is 2.50. The molecule has 0 bridgehead atoms. The molecule has 120 valence electrons. The van der Waals surface area contributed by atoms with Gasteiger partial charge in [-0.2, -0.15) is 0 Å². The first kappa shape index (κ1) is 17.7. The Kier molecular flexibility index (Phi) is 8.74. The maximum atomic E-state index is 9.12. The van der Waals surface area contributed by atoms with Gasteiger partial charge < -0.3 is 15.7 Å². The fraction of sp³-hybridized carbons (Fsp3) is 0.750. The van der Waals surface area contributed by atoms with E-state index in [1.165, 1.54) is 0 Å². The summed E-state index contributed by atoms with van der Waals surface area (Å²) in [7, 11) is 0. The highest BCUT2D eigenvalue weighted by molar-refractivity contribution is 5.47. The fourth-order valence-electron chi connectivity index (χ4n) is 2.28. The van der Waals surface area contributed by atoms with E-state index in [1.54, 1.807) is 0 Å². The summed E-state index contributed by atoms with van der Waals surface area (Å²) in [5, 5.41) is 15.8. The van der Waals surface area contributed by atoms with Gasteiger partial charge in [-0.05, 0) is 25.2 Å². The topological polar surface area (TPSA) is 70.1 Å². The second kappa shape index (κ2) is 10.4. The van der Waals surface area contributed by atoms with E-state index < -0.39 is 0 Å². The van der Waals surface area contributed by atoms with Crippen LogP contribution < -0.4 is 10.6 Å².